The van der Waals surface area contributed by atoms with Crippen molar-refractivity contribution >= 4 is 23.0 Å². The van der Waals surface area contributed by atoms with Crippen LogP contribution in [-0.4, -0.2) is 24.4 Å². The maximum Gasteiger partial charge on any atom is 0.573 e. The van der Waals surface area contributed by atoms with Gasteiger partial charge in [-0.3, -0.25) is 0 Å². The molecule has 2 aliphatic rings. The highest BCUT2D eigenvalue weighted by Crippen LogP contribution is 2.38. The van der Waals surface area contributed by atoms with Gasteiger partial charge in [0.2, 0.25) is 0 Å². The Morgan fingerprint density at radius 2 is 1.92 bits per heavy atom. The van der Waals surface area contributed by atoms with E-state index >= 15 is 0 Å². The van der Waals surface area contributed by atoms with Crippen molar-refractivity contribution in [2.45, 2.75) is 25.3 Å². The van der Waals surface area contributed by atoms with Gasteiger partial charge in [-0.15, -0.1) is 13.2 Å². The highest BCUT2D eigenvalue weighted by atomic mass is 35.5. The van der Waals surface area contributed by atoms with Crippen molar-refractivity contribution in [3.05, 3.63) is 58.6 Å². The molecule has 0 saturated heterocycles. The van der Waals surface area contributed by atoms with Crippen LogP contribution in [0.4, 0.5) is 18.9 Å². The number of nitrogens with zero attached hydrogens (tertiary/aromatic N) is 2. The van der Waals surface area contributed by atoms with E-state index in [1.54, 1.807) is 11.1 Å². The zero-order valence-corrected chi connectivity index (χ0v) is 14.4. The van der Waals surface area contributed by atoms with E-state index in [-0.39, 0.29) is 12.5 Å². The highest BCUT2D eigenvalue weighted by Gasteiger charge is 2.44. The topological polar surface area (TPSA) is 34.1 Å². The molecule has 4 rings (SSSR count). The van der Waals surface area contributed by atoms with Gasteiger partial charge in [0.25, 0.3) is 0 Å². The molecule has 0 bridgehead atoms. The fourth-order valence-corrected chi connectivity index (χ4v) is 3.45. The van der Waals surface area contributed by atoms with Gasteiger partial charge in [0.1, 0.15) is 23.8 Å². The zero-order chi connectivity index (χ0) is 18.5. The summed E-state index contributed by atoms with van der Waals surface area (Å²) < 4.78 is 46.7. The second-order valence-corrected chi connectivity index (χ2v) is 6.81. The van der Waals surface area contributed by atoms with Gasteiger partial charge in [-0.1, -0.05) is 17.7 Å². The van der Waals surface area contributed by atoms with Crippen LogP contribution in [0.15, 0.2) is 47.6 Å². The summed E-state index contributed by atoms with van der Waals surface area (Å²) in [5.74, 6) is -0.280. The molecule has 26 heavy (non-hydrogen) atoms. The van der Waals surface area contributed by atoms with Gasteiger partial charge in [-0.25, -0.2) is 5.01 Å². The second kappa shape index (κ2) is 5.89. The average molecular weight is 383 g/mol. The van der Waals surface area contributed by atoms with Crippen LogP contribution in [0.1, 0.15) is 18.1 Å². The van der Waals surface area contributed by atoms with E-state index in [1.807, 2.05) is 19.1 Å². The van der Waals surface area contributed by atoms with Crippen molar-refractivity contribution in [1.29, 1.82) is 0 Å². The molecular weight excluding hydrogens is 369 g/mol. The van der Waals surface area contributed by atoms with Crippen molar-refractivity contribution in [3.8, 4) is 5.75 Å². The quantitative estimate of drug-likeness (QED) is 0.751. The van der Waals surface area contributed by atoms with E-state index in [0.29, 0.717) is 17.1 Å². The molecule has 1 aliphatic heterocycles. The summed E-state index contributed by atoms with van der Waals surface area (Å²) in [4.78, 5) is 0. The fraction of sp³-hybridized carbons (Fsp3) is 0.278. The van der Waals surface area contributed by atoms with Crippen molar-refractivity contribution in [3.63, 3.8) is 0 Å². The minimum absolute atomic E-state index is 0.196. The molecule has 1 atom stereocenters. The second-order valence-electron chi connectivity index (χ2n) is 6.37. The molecule has 0 fully saturated rings. The first-order chi connectivity index (χ1) is 12.2. The summed E-state index contributed by atoms with van der Waals surface area (Å²) in [6.07, 6.45) is -4.04. The van der Waals surface area contributed by atoms with Crippen molar-refractivity contribution in [2.24, 2.45) is 5.10 Å². The SMILES string of the molecule is CC12Cc3cc(Cl)ccc3C1=NN(c1ccc(OC(F)(F)F)cc1)CO2. The minimum atomic E-state index is -4.72. The summed E-state index contributed by atoms with van der Waals surface area (Å²) in [5, 5.41) is 6.95. The molecule has 0 amide bonds. The minimum Gasteiger partial charge on any atom is -0.406 e. The van der Waals surface area contributed by atoms with E-state index in [2.05, 4.69) is 9.84 Å². The molecule has 1 heterocycles. The Labute approximate surface area is 152 Å². The predicted octanol–water partition coefficient (Wildman–Crippen LogP) is 4.75. The lowest BCUT2D eigenvalue weighted by Crippen LogP contribution is -2.45. The number of halogens is 4. The van der Waals surface area contributed by atoms with Crippen LogP contribution in [0.3, 0.4) is 0 Å². The van der Waals surface area contributed by atoms with Crippen molar-refractivity contribution < 1.29 is 22.6 Å². The molecule has 2 aromatic carbocycles. The third kappa shape index (κ3) is 3.12. The largest absolute Gasteiger partial charge is 0.573 e. The van der Waals surface area contributed by atoms with Crippen LogP contribution in [-0.2, 0) is 11.2 Å². The van der Waals surface area contributed by atoms with Gasteiger partial charge in [0, 0.05) is 17.0 Å². The van der Waals surface area contributed by atoms with Crippen LogP contribution < -0.4 is 9.75 Å². The molecule has 0 aromatic heterocycles. The third-order valence-electron chi connectivity index (χ3n) is 4.45. The number of hydrogen-bond donors (Lipinski definition) is 0. The molecule has 0 saturated carbocycles. The van der Waals surface area contributed by atoms with Gasteiger partial charge < -0.3 is 9.47 Å². The number of benzene rings is 2. The molecule has 8 heteroatoms. The molecule has 2 aromatic rings. The first-order valence-electron chi connectivity index (χ1n) is 7.89. The van der Waals surface area contributed by atoms with E-state index in [0.717, 1.165) is 16.8 Å². The normalized spacial score (nSPS) is 21.9. The highest BCUT2D eigenvalue weighted by molar-refractivity contribution is 6.31. The Balaban J connectivity index is 1.63. The summed E-state index contributed by atoms with van der Waals surface area (Å²) in [5.41, 5.74) is 2.89. The number of anilines is 1. The molecule has 0 radical (unpaired) electrons. The Kier molecular flexibility index (Phi) is 3.89. The number of fused-ring (bicyclic) bond motifs is 3. The lowest BCUT2D eigenvalue weighted by molar-refractivity contribution is -0.274. The van der Waals surface area contributed by atoms with E-state index in [1.165, 1.54) is 24.3 Å². The standard InChI is InChI=1S/C18H14ClF3N2O2/c1-17-9-11-8-12(19)2-7-15(11)16(17)23-24(10-25-17)13-3-5-14(6-4-13)26-18(20,21)22/h2-8H,9-10H2,1H3. The molecule has 4 nitrogen and oxygen atoms in total. The lowest BCUT2D eigenvalue weighted by atomic mass is 10.0. The maximum atomic E-state index is 12.3. The lowest BCUT2D eigenvalue weighted by Gasteiger charge is -2.35. The number of hydrogen-bond acceptors (Lipinski definition) is 4. The monoisotopic (exact) mass is 382 g/mol. The molecule has 0 spiro atoms. The molecular formula is C18H14ClF3N2O2. The Bertz CT molecular complexity index is 883. The molecule has 1 unspecified atom stereocenters. The van der Waals surface area contributed by atoms with Crippen LogP contribution in [0.25, 0.3) is 0 Å². The van der Waals surface area contributed by atoms with Gasteiger partial charge in [-0.05, 0) is 48.9 Å². The van der Waals surface area contributed by atoms with Gasteiger partial charge >= 0.3 is 6.36 Å². The Morgan fingerprint density at radius 3 is 2.62 bits per heavy atom. The summed E-state index contributed by atoms with van der Waals surface area (Å²) >= 11 is 6.07. The van der Waals surface area contributed by atoms with Crippen LogP contribution in [0.5, 0.6) is 5.75 Å². The first kappa shape index (κ1) is 17.2. The van der Waals surface area contributed by atoms with Crippen molar-refractivity contribution in [2.75, 3.05) is 11.7 Å². The Hall–Kier alpha value is -2.25. The third-order valence-corrected chi connectivity index (χ3v) is 4.68. The average Bonchev–Trinajstić information content (AvgIpc) is 2.84. The molecule has 0 N–H and O–H groups in total. The van der Waals surface area contributed by atoms with E-state index in [4.69, 9.17) is 16.3 Å². The fourth-order valence-electron chi connectivity index (χ4n) is 3.26. The zero-order valence-electron chi connectivity index (χ0n) is 13.7. The van der Waals surface area contributed by atoms with Gasteiger partial charge in [0.05, 0.1) is 5.69 Å². The number of ether oxygens (including phenoxy) is 2. The molecule has 1 aliphatic carbocycles. The predicted molar refractivity (Wildman–Crippen MR) is 91.7 cm³/mol. The van der Waals surface area contributed by atoms with E-state index < -0.39 is 12.0 Å². The smallest absolute Gasteiger partial charge is 0.406 e. The van der Waals surface area contributed by atoms with Gasteiger partial charge in [-0.2, -0.15) is 5.10 Å². The van der Waals surface area contributed by atoms with E-state index in [9.17, 15) is 13.2 Å². The maximum absolute atomic E-state index is 12.3. The summed E-state index contributed by atoms with van der Waals surface area (Å²) in [6.45, 7) is 2.17. The number of rotatable bonds is 2. The Morgan fingerprint density at radius 1 is 1.19 bits per heavy atom. The van der Waals surface area contributed by atoms with Gasteiger partial charge in [0.15, 0.2) is 0 Å². The van der Waals surface area contributed by atoms with Crippen LogP contribution in [0.2, 0.25) is 5.02 Å². The van der Waals surface area contributed by atoms with Crippen LogP contribution >= 0.6 is 11.6 Å². The number of hydrazone groups is 1. The number of alkyl halides is 3. The van der Waals surface area contributed by atoms with Crippen LogP contribution in [0, 0.1) is 0 Å². The first-order valence-corrected chi connectivity index (χ1v) is 8.26. The summed E-state index contributed by atoms with van der Waals surface area (Å²) in [6, 6.07) is 11.1. The van der Waals surface area contributed by atoms with Crippen molar-refractivity contribution in [1.82, 2.24) is 0 Å². The molecule has 136 valence electrons. The summed E-state index contributed by atoms with van der Waals surface area (Å²) in [7, 11) is 0.